The fraction of sp³-hybridized carbons (Fsp3) is 0. The van der Waals surface area contributed by atoms with Crippen LogP contribution in [0.15, 0.2) is 218 Å². The molecule has 0 unspecified atom stereocenters. The summed E-state index contributed by atoms with van der Waals surface area (Å²) in [6, 6.07) is 75.8. The fourth-order valence-corrected chi connectivity index (χ4v) is 11.0. The molecule has 0 spiro atoms. The number of nitrogens with zero attached hydrogens (tertiary/aromatic N) is 8. The van der Waals surface area contributed by atoms with E-state index < -0.39 is 0 Å². The van der Waals surface area contributed by atoms with Gasteiger partial charge >= 0.3 is 0 Å². The van der Waals surface area contributed by atoms with E-state index in [0.29, 0.717) is 35.1 Å². The normalized spacial score (nSPS) is 11.8. The van der Waals surface area contributed by atoms with Gasteiger partial charge in [0, 0.05) is 75.2 Å². The van der Waals surface area contributed by atoms with Gasteiger partial charge in [0.2, 0.25) is 5.95 Å². The summed E-state index contributed by atoms with van der Waals surface area (Å²) in [6.07, 6.45) is 0. The van der Waals surface area contributed by atoms with Crippen LogP contribution in [0.3, 0.4) is 0 Å². The number of fused-ring (bicyclic) bond motifs is 10. The molecule has 0 aliphatic carbocycles. The lowest BCUT2D eigenvalue weighted by molar-refractivity contribution is 0.953. The number of para-hydroxylation sites is 2. The number of thiophene rings is 1. The van der Waals surface area contributed by atoms with E-state index in [2.05, 4.69) is 137 Å². The third-order valence-corrected chi connectivity index (χ3v) is 14.2. The molecule has 0 N–H and O–H groups in total. The Labute approximate surface area is 399 Å². The molecule has 69 heavy (non-hydrogen) atoms. The number of benzene rings is 9. The molecule has 0 amide bonds. The minimum atomic E-state index is 0.551. The average Bonchev–Trinajstić information content (AvgIpc) is 4.09. The van der Waals surface area contributed by atoms with E-state index >= 15 is 0 Å². The van der Waals surface area contributed by atoms with Crippen molar-refractivity contribution in [1.82, 2.24) is 39.0 Å². The molecule has 0 fully saturated rings. The summed E-state index contributed by atoms with van der Waals surface area (Å²) < 4.78 is 7.04. The van der Waals surface area contributed by atoms with Crippen LogP contribution in [0.1, 0.15) is 0 Å². The van der Waals surface area contributed by atoms with E-state index in [9.17, 15) is 0 Å². The Bertz CT molecular complexity index is 4240. The van der Waals surface area contributed by atoms with Gasteiger partial charge in [-0.25, -0.2) is 19.9 Å². The zero-order valence-electron chi connectivity index (χ0n) is 36.8. The van der Waals surface area contributed by atoms with E-state index in [1.807, 2.05) is 91.0 Å². The first-order valence-electron chi connectivity index (χ1n) is 22.9. The van der Waals surface area contributed by atoms with Crippen molar-refractivity contribution in [1.29, 1.82) is 0 Å². The molecular formula is C60H36N8S. The van der Waals surface area contributed by atoms with E-state index in [-0.39, 0.29) is 0 Å². The average molecular weight is 901 g/mol. The smallest absolute Gasteiger partial charge is 0.238 e. The highest BCUT2D eigenvalue weighted by atomic mass is 32.1. The predicted octanol–water partition coefficient (Wildman–Crippen LogP) is 15.0. The molecule has 0 atom stereocenters. The lowest BCUT2D eigenvalue weighted by Gasteiger charge is -2.12. The molecule has 5 heterocycles. The van der Waals surface area contributed by atoms with Crippen molar-refractivity contribution in [2.24, 2.45) is 0 Å². The lowest BCUT2D eigenvalue weighted by Crippen LogP contribution is -2.06. The Morgan fingerprint density at radius 2 is 0.739 bits per heavy atom. The van der Waals surface area contributed by atoms with Crippen LogP contribution < -0.4 is 0 Å². The third kappa shape index (κ3) is 6.43. The van der Waals surface area contributed by atoms with Gasteiger partial charge in [0.1, 0.15) is 0 Å². The number of hydrogen-bond acceptors (Lipinski definition) is 7. The van der Waals surface area contributed by atoms with Gasteiger partial charge in [0.05, 0.1) is 22.1 Å². The van der Waals surface area contributed by atoms with Gasteiger partial charge in [-0.1, -0.05) is 164 Å². The van der Waals surface area contributed by atoms with Crippen molar-refractivity contribution in [3.63, 3.8) is 0 Å². The number of hydrogen-bond donors (Lipinski definition) is 0. The van der Waals surface area contributed by atoms with Crippen molar-refractivity contribution in [3.05, 3.63) is 218 Å². The topological polar surface area (TPSA) is 87.2 Å². The zero-order valence-corrected chi connectivity index (χ0v) is 37.6. The molecule has 0 bridgehead atoms. The Kier molecular flexibility index (Phi) is 8.90. The summed E-state index contributed by atoms with van der Waals surface area (Å²) in [5, 5.41) is 7.02. The van der Waals surface area contributed by atoms with Crippen LogP contribution in [0.2, 0.25) is 0 Å². The predicted molar refractivity (Wildman–Crippen MR) is 282 cm³/mol. The summed E-state index contributed by atoms with van der Waals surface area (Å²) in [5.74, 6) is 3.64. The minimum absolute atomic E-state index is 0.551. The summed E-state index contributed by atoms with van der Waals surface area (Å²) in [7, 11) is 0. The van der Waals surface area contributed by atoms with Gasteiger partial charge in [0.25, 0.3) is 0 Å². The summed E-state index contributed by atoms with van der Waals surface area (Å²) >= 11 is 1.79. The molecule has 0 aliphatic rings. The van der Waals surface area contributed by atoms with E-state index in [4.69, 9.17) is 29.9 Å². The van der Waals surface area contributed by atoms with Crippen LogP contribution in [0.25, 0.3) is 132 Å². The third-order valence-electron chi connectivity index (χ3n) is 13.0. The Morgan fingerprint density at radius 1 is 0.290 bits per heavy atom. The highest BCUT2D eigenvalue weighted by Crippen LogP contribution is 2.42. The fourth-order valence-electron chi connectivity index (χ4n) is 9.86. The lowest BCUT2D eigenvalue weighted by atomic mass is 10.1. The zero-order chi connectivity index (χ0) is 45.4. The highest BCUT2D eigenvalue weighted by Gasteiger charge is 2.23. The maximum Gasteiger partial charge on any atom is 0.238 e. The van der Waals surface area contributed by atoms with Crippen LogP contribution in [0, 0.1) is 0 Å². The Hall–Kier alpha value is -9.18. The molecular weight excluding hydrogens is 865 g/mol. The summed E-state index contributed by atoms with van der Waals surface area (Å²) in [4.78, 5) is 30.8. The van der Waals surface area contributed by atoms with Crippen molar-refractivity contribution >= 4 is 75.1 Å². The molecule has 8 nitrogen and oxygen atoms in total. The van der Waals surface area contributed by atoms with Gasteiger partial charge in [-0.2, -0.15) is 9.97 Å². The van der Waals surface area contributed by atoms with E-state index in [1.54, 1.807) is 11.3 Å². The monoisotopic (exact) mass is 900 g/mol. The van der Waals surface area contributed by atoms with Crippen LogP contribution in [-0.4, -0.2) is 39.0 Å². The van der Waals surface area contributed by atoms with Crippen molar-refractivity contribution in [2.75, 3.05) is 0 Å². The largest absolute Gasteiger partial charge is 0.309 e. The molecule has 0 aliphatic heterocycles. The van der Waals surface area contributed by atoms with Crippen LogP contribution in [-0.2, 0) is 0 Å². The van der Waals surface area contributed by atoms with Gasteiger partial charge in [-0.3, -0.25) is 4.57 Å². The van der Waals surface area contributed by atoms with Gasteiger partial charge in [-0.15, -0.1) is 11.3 Å². The van der Waals surface area contributed by atoms with Crippen LogP contribution in [0.4, 0.5) is 0 Å². The van der Waals surface area contributed by atoms with E-state index in [0.717, 1.165) is 71.7 Å². The Morgan fingerprint density at radius 3 is 1.36 bits per heavy atom. The summed E-state index contributed by atoms with van der Waals surface area (Å²) in [6.45, 7) is 0. The SMILES string of the molecule is c1ccc(-c2nc(-c3ccc(-n4c5ccccc5c5ccc6c(c7ccccc7n6-c6nc(-c7ccccc7)nc(-c7ccccc7)n6)c54)cc3)nc(-c3ccc4c(c3)sc3ccccc34)n2)cc1. The molecule has 5 aromatic heterocycles. The highest BCUT2D eigenvalue weighted by molar-refractivity contribution is 7.25. The summed E-state index contributed by atoms with van der Waals surface area (Å²) in [5.41, 5.74) is 9.83. The first-order valence-corrected chi connectivity index (χ1v) is 23.7. The van der Waals surface area contributed by atoms with Crippen molar-refractivity contribution < 1.29 is 0 Å². The molecule has 9 heteroatoms. The molecule has 9 aromatic carbocycles. The molecule has 322 valence electrons. The van der Waals surface area contributed by atoms with Gasteiger partial charge in [0.15, 0.2) is 29.1 Å². The molecule has 14 rings (SSSR count). The van der Waals surface area contributed by atoms with Crippen LogP contribution >= 0.6 is 11.3 Å². The molecule has 0 saturated heterocycles. The van der Waals surface area contributed by atoms with Crippen molar-refractivity contribution in [2.45, 2.75) is 0 Å². The first kappa shape index (κ1) is 39.0. The maximum atomic E-state index is 5.21. The van der Waals surface area contributed by atoms with E-state index in [1.165, 1.54) is 25.6 Å². The second-order valence-electron chi connectivity index (χ2n) is 17.1. The van der Waals surface area contributed by atoms with Crippen LogP contribution in [0.5, 0.6) is 0 Å². The second-order valence-corrected chi connectivity index (χ2v) is 18.2. The minimum Gasteiger partial charge on any atom is -0.309 e. The standard InChI is InChI=1S/C60H36N8S/c1-4-16-37(17-5-1)55-61-56(63-59(62-55)41-30-33-45-44-23-12-15-27-51(44)69-52(45)36-41)40-28-31-42(32-29-40)67-48-25-13-10-22-43(48)46-34-35-50-53(54(46)67)47-24-11-14-26-49(47)68(50)60-65-57(38-18-6-2-7-19-38)64-58(66-60)39-20-8-3-9-21-39/h1-36H. The number of rotatable bonds is 7. The maximum absolute atomic E-state index is 5.21. The number of aromatic nitrogens is 8. The molecule has 0 saturated carbocycles. The van der Waals surface area contributed by atoms with Gasteiger partial charge < -0.3 is 4.57 Å². The first-order chi connectivity index (χ1) is 34.2. The second kappa shape index (κ2) is 15.7. The quantitative estimate of drug-likeness (QED) is 0.158. The molecule has 0 radical (unpaired) electrons. The Balaban J connectivity index is 0.952. The van der Waals surface area contributed by atoms with Gasteiger partial charge in [-0.05, 0) is 54.6 Å². The van der Waals surface area contributed by atoms with Crippen molar-refractivity contribution in [3.8, 4) is 68.6 Å². The molecule has 14 aromatic rings.